The summed E-state index contributed by atoms with van der Waals surface area (Å²) in [5, 5.41) is 0. The highest BCUT2D eigenvalue weighted by molar-refractivity contribution is 8.13. The van der Waals surface area contributed by atoms with Gasteiger partial charge in [0.05, 0.1) is 12.7 Å². The van der Waals surface area contributed by atoms with E-state index in [4.69, 9.17) is 10.7 Å². The summed E-state index contributed by atoms with van der Waals surface area (Å²) >= 11 is 0. The minimum Gasteiger partial charge on any atom is -0.465 e. The highest BCUT2D eigenvalue weighted by atomic mass is 35.7. The first-order valence-corrected chi connectivity index (χ1v) is 6.73. The van der Waals surface area contributed by atoms with Gasteiger partial charge >= 0.3 is 12.1 Å². The Labute approximate surface area is 109 Å². The third kappa shape index (κ3) is 3.16. The molecule has 0 bridgehead atoms. The van der Waals surface area contributed by atoms with Crippen molar-refractivity contribution in [2.45, 2.75) is 11.1 Å². The molecule has 0 unspecified atom stereocenters. The van der Waals surface area contributed by atoms with Crippen LogP contribution in [0.15, 0.2) is 17.0 Å². The fourth-order valence-corrected chi connectivity index (χ4v) is 2.70. The van der Waals surface area contributed by atoms with Crippen molar-refractivity contribution in [3.8, 4) is 0 Å². The zero-order chi connectivity index (χ0) is 15.0. The molecule has 0 saturated carbocycles. The third-order valence-corrected chi connectivity index (χ3v) is 3.41. The molecule has 0 aromatic heterocycles. The number of benzene rings is 1. The van der Waals surface area contributed by atoms with Crippen LogP contribution in [-0.2, 0) is 20.0 Å². The van der Waals surface area contributed by atoms with Crippen molar-refractivity contribution in [1.82, 2.24) is 0 Å². The van der Waals surface area contributed by atoms with E-state index in [1.165, 1.54) is 0 Å². The first-order chi connectivity index (χ1) is 8.50. The summed E-state index contributed by atoms with van der Waals surface area (Å²) in [6.45, 7) is 0. The summed E-state index contributed by atoms with van der Waals surface area (Å²) in [7, 11) is 0.655. The molecule has 0 heterocycles. The minimum atomic E-state index is -5.34. The van der Waals surface area contributed by atoms with Gasteiger partial charge in [0.2, 0.25) is 0 Å². The van der Waals surface area contributed by atoms with Crippen LogP contribution in [0.5, 0.6) is 0 Å². The Bertz CT molecular complexity index is 624. The molecule has 1 aromatic carbocycles. The minimum absolute atomic E-state index is 0.306. The second-order valence-electron chi connectivity index (χ2n) is 3.23. The molecule has 1 rings (SSSR count). The number of halogens is 5. The maximum atomic E-state index is 13.2. The van der Waals surface area contributed by atoms with Crippen molar-refractivity contribution < 1.29 is 35.5 Å². The van der Waals surface area contributed by atoms with Crippen LogP contribution in [0.4, 0.5) is 17.6 Å². The quantitative estimate of drug-likeness (QED) is 0.477. The lowest BCUT2D eigenvalue weighted by molar-refractivity contribution is -0.142. The van der Waals surface area contributed by atoms with E-state index in [0.29, 0.717) is 12.1 Å². The van der Waals surface area contributed by atoms with Crippen LogP contribution < -0.4 is 0 Å². The number of ether oxygens (including phenoxy) is 1. The average molecular weight is 321 g/mol. The standard InChI is InChI=1S/C9H5ClF4O4S/c1-18-8(15)4-2-3-5(11)6(9(12,13)14)7(4)19(10,16)17/h2-3H,1H3. The summed E-state index contributed by atoms with van der Waals surface area (Å²) in [6.07, 6.45) is -5.34. The van der Waals surface area contributed by atoms with Gasteiger partial charge in [0.1, 0.15) is 16.3 Å². The number of carbonyl (C=O) groups is 1. The van der Waals surface area contributed by atoms with Crippen molar-refractivity contribution in [3.63, 3.8) is 0 Å². The highest BCUT2D eigenvalue weighted by Gasteiger charge is 2.42. The number of hydrogen-bond acceptors (Lipinski definition) is 4. The first kappa shape index (κ1) is 15.7. The second kappa shape index (κ2) is 4.97. The van der Waals surface area contributed by atoms with Gasteiger partial charge in [-0.3, -0.25) is 0 Å². The van der Waals surface area contributed by atoms with Crippen LogP contribution in [0.3, 0.4) is 0 Å². The van der Waals surface area contributed by atoms with Gasteiger partial charge in [-0.1, -0.05) is 0 Å². The molecule has 0 N–H and O–H groups in total. The molecular weight excluding hydrogens is 316 g/mol. The molecule has 0 fully saturated rings. The molecule has 0 aliphatic rings. The Morgan fingerprint density at radius 3 is 2.21 bits per heavy atom. The predicted octanol–water partition coefficient (Wildman–Crippen LogP) is 2.56. The summed E-state index contributed by atoms with van der Waals surface area (Å²) in [5.74, 6) is -3.25. The van der Waals surface area contributed by atoms with Crippen LogP contribution >= 0.6 is 10.7 Å². The Balaban J connectivity index is 3.87. The SMILES string of the molecule is COC(=O)c1ccc(F)c(C(F)(F)F)c1S(=O)(=O)Cl. The van der Waals surface area contributed by atoms with Crippen molar-refractivity contribution in [1.29, 1.82) is 0 Å². The molecule has 0 aliphatic carbocycles. The van der Waals surface area contributed by atoms with Gasteiger partial charge in [0, 0.05) is 10.7 Å². The zero-order valence-electron chi connectivity index (χ0n) is 9.09. The van der Waals surface area contributed by atoms with Gasteiger partial charge in [-0.2, -0.15) is 13.2 Å². The van der Waals surface area contributed by atoms with Crippen LogP contribution in [0, 0.1) is 5.82 Å². The molecular formula is C9H5ClF4O4S. The van der Waals surface area contributed by atoms with E-state index in [1.54, 1.807) is 0 Å². The largest absolute Gasteiger partial charge is 0.465 e. The molecule has 4 nitrogen and oxygen atoms in total. The van der Waals surface area contributed by atoms with Gasteiger partial charge < -0.3 is 4.74 Å². The number of carbonyl (C=O) groups excluding carboxylic acids is 1. The average Bonchev–Trinajstić information content (AvgIpc) is 2.24. The summed E-state index contributed by atoms with van der Waals surface area (Å²) in [5.41, 5.74) is -3.13. The van der Waals surface area contributed by atoms with Crippen LogP contribution in [-0.4, -0.2) is 21.5 Å². The Morgan fingerprint density at radius 2 is 1.84 bits per heavy atom. The molecule has 0 saturated heterocycles. The van der Waals surface area contributed by atoms with Crippen molar-refractivity contribution >= 4 is 25.7 Å². The van der Waals surface area contributed by atoms with Crippen LogP contribution in [0.25, 0.3) is 0 Å². The van der Waals surface area contributed by atoms with Crippen molar-refractivity contribution in [3.05, 3.63) is 29.1 Å². The third-order valence-electron chi connectivity index (χ3n) is 2.04. The molecule has 106 valence electrons. The molecule has 0 amide bonds. The monoisotopic (exact) mass is 320 g/mol. The number of methoxy groups -OCH3 is 1. The molecule has 0 aliphatic heterocycles. The first-order valence-electron chi connectivity index (χ1n) is 4.42. The van der Waals surface area contributed by atoms with Gasteiger partial charge in [-0.15, -0.1) is 0 Å². The van der Waals surface area contributed by atoms with Gasteiger partial charge in [-0.25, -0.2) is 17.6 Å². The topological polar surface area (TPSA) is 60.4 Å². The van der Waals surface area contributed by atoms with E-state index in [-0.39, 0.29) is 0 Å². The fourth-order valence-electron chi connectivity index (χ4n) is 1.35. The van der Waals surface area contributed by atoms with E-state index < -0.39 is 43.0 Å². The second-order valence-corrected chi connectivity index (χ2v) is 5.73. The van der Waals surface area contributed by atoms with E-state index in [1.807, 2.05) is 0 Å². The lowest BCUT2D eigenvalue weighted by Crippen LogP contribution is -2.18. The lowest BCUT2D eigenvalue weighted by atomic mass is 10.1. The molecule has 0 spiro atoms. The predicted molar refractivity (Wildman–Crippen MR) is 55.8 cm³/mol. The van der Waals surface area contributed by atoms with Gasteiger partial charge in [-0.05, 0) is 12.1 Å². The normalized spacial score (nSPS) is 12.3. The molecule has 10 heteroatoms. The van der Waals surface area contributed by atoms with E-state index in [0.717, 1.165) is 7.11 Å². The summed E-state index contributed by atoms with van der Waals surface area (Å²) < 4.78 is 77.7. The number of esters is 1. The molecule has 0 atom stereocenters. The fraction of sp³-hybridized carbons (Fsp3) is 0.222. The van der Waals surface area contributed by atoms with Crippen molar-refractivity contribution in [2.75, 3.05) is 7.11 Å². The Morgan fingerprint density at radius 1 is 1.32 bits per heavy atom. The van der Waals surface area contributed by atoms with E-state index in [9.17, 15) is 30.8 Å². The zero-order valence-corrected chi connectivity index (χ0v) is 10.7. The Hall–Kier alpha value is -1.35. The van der Waals surface area contributed by atoms with Gasteiger partial charge in [0.15, 0.2) is 0 Å². The molecule has 1 aromatic rings. The number of hydrogen-bond donors (Lipinski definition) is 0. The van der Waals surface area contributed by atoms with E-state index >= 15 is 0 Å². The molecule has 0 radical (unpaired) electrons. The van der Waals surface area contributed by atoms with Gasteiger partial charge in [0.25, 0.3) is 9.05 Å². The number of alkyl halides is 3. The maximum absolute atomic E-state index is 13.2. The lowest BCUT2D eigenvalue weighted by Gasteiger charge is -2.14. The molecule has 19 heavy (non-hydrogen) atoms. The number of rotatable bonds is 2. The van der Waals surface area contributed by atoms with Crippen LogP contribution in [0.1, 0.15) is 15.9 Å². The maximum Gasteiger partial charge on any atom is 0.420 e. The van der Waals surface area contributed by atoms with Crippen LogP contribution in [0.2, 0.25) is 0 Å². The summed E-state index contributed by atoms with van der Waals surface area (Å²) in [6, 6.07) is 0.853. The Kier molecular flexibility index (Phi) is 4.11. The van der Waals surface area contributed by atoms with E-state index in [2.05, 4.69) is 4.74 Å². The highest BCUT2D eigenvalue weighted by Crippen LogP contribution is 2.39. The smallest absolute Gasteiger partial charge is 0.420 e. The summed E-state index contributed by atoms with van der Waals surface area (Å²) in [4.78, 5) is 9.58. The van der Waals surface area contributed by atoms with Crippen molar-refractivity contribution in [2.24, 2.45) is 0 Å².